The quantitative estimate of drug-likeness (QED) is 0.581. The molecular formula is C9H17F6N2O4S2+. The predicted molar refractivity (Wildman–Crippen MR) is 68.8 cm³/mol. The molecule has 1 rings (SSSR count). The number of halogens is 6. The molecule has 0 aromatic carbocycles. The first-order valence-electron chi connectivity index (χ1n) is 6.22. The summed E-state index contributed by atoms with van der Waals surface area (Å²) in [7, 11) is -10.8. The van der Waals surface area contributed by atoms with Gasteiger partial charge in [-0.25, -0.2) is 16.8 Å². The Morgan fingerprint density at radius 2 is 1.17 bits per heavy atom. The first-order chi connectivity index (χ1) is 9.97. The Balaban J connectivity index is 0.000000502. The van der Waals surface area contributed by atoms with Crippen LogP contribution in [0.5, 0.6) is 0 Å². The minimum atomic E-state index is -6.60. The van der Waals surface area contributed by atoms with Crippen LogP contribution in [0.15, 0.2) is 0 Å². The lowest BCUT2D eigenvalue weighted by molar-refractivity contribution is -0.895. The lowest BCUT2D eigenvalue weighted by Crippen LogP contribution is -2.45. The molecule has 1 saturated heterocycles. The molecule has 14 heteroatoms. The maximum Gasteiger partial charge on any atom is 0.512 e. The number of rotatable bonds is 3. The molecule has 0 aromatic heterocycles. The molecule has 1 N–H and O–H groups in total. The van der Waals surface area contributed by atoms with Crippen LogP contribution in [0.4, 0.5) is 26.3 Å². The number of hydrogen-bond acceptors (Lipinski definition) is 4. The average Bonchev–Trinajstić information content (AvgIpc) is 2.73. The van der Waals surface area contributed by atoms with Crippen LogP contribution in [0, 0.1) is 0 Å². The second-order valence-corrected chi connectivity index (χ2v) is 8.68. The van der Waals surface area contributed by atoms with Crippen molar-refractivity contribution in [3.05, 3.63) is 0 Å². The zero-order chi connectivity index (χ0) is 18.7. The smallest absolute Gasteiger partial charge is 0.326 e. The van der Waals surface area contributed by atoms with Crippen LogP contribution in [-0.4, -0.2) is 59.0 Å². The number of alkyl halides is 6. The SMILES string of the molecule is CC[N+]1(C)CCCC1.O=S(=O)(NS(=O)(=O)C(F)(F)F)C(F)(F)F. The topological polar surface area (TPSA) is 80.3 Å². The van der Waals surface area contributed by atoms with Crippen molar-refractivity contribution in [1.82, 2.24) is 4.13 Å². The minimum absolute atomic E-state index is 0.493. The van der Waals surface area contributed by atoms with Gasteiger partial charge in [-0.05, 0) is 6.92 Å². The summed E-state index contributed by atoms with van der Waals surface area (Å²) in [6.45, 7) is 6.43. The van der Waals surface area contributed by atoms with E-state index in [1.54, 1.807) is 0 Å². The van der Waals surface area contributed by atoms with E-state index in [0.717, 1.165) is 0 Å². The highest BCUT2D eigenvalue weighted by atomic mass is 32.3. The molecule has 1 aliphatic rings. The van der Waals surface area contributed by atoms with E-state index in [1.807, 2.05) is 0 Å². The van der Waals surface area contributed by atoms with Gasteiger partial charge in [-0.15, -0.1) is 0 Å². The minimum Gasteiger partial charge on any atom is -0.326 e. The fourth-order valence-electron chi connectivity index (χ4n) is 1.65. The first-order valence-corrected chi connectivity index (χ1v) is 9.19. The van der Waals surface area contributed by atoms with Gasteiger partial charge in [0.1, 0.15) is 0 Å². The van der Waals surface area contributed by atoms with Gasteiger partial charge < -0.3 is 4.48 Å². The van der Waals surface area contributed by atoms with Crippen LogP contribution in [0.25, 0.3) is 0 Å². The summed E-state index contributed by atoms with van der Waals surface area (Å²) in [5.74, 6) is 0. The van der Waals surface area contributed by atoms with E-state index in [9.17, 15) is 43.2 Å². The van der Waals surface area contributed by atoms with Gasteiger partial charge in [0, 0.05) is 12.8 Å². The van der Waals surface area contributed by atoms with E-state index in [2.05, 4.69) is 14.0 Å². The molecular weight excluding hydrogens is 378 g/mol. The summed E-state index contributed by atoms with van der Waals surface area (Å²) >= 11 is 0. The second-order valence-electron chi connectivity index (χ2n) is 5.07. The first kappa shape index (κ1) is 22.4. The van der Waals surface area contributed by atoms with Crippen molar-refractivity contribution in [2.24, 2.45) is 0 Å². The highest BCUT2D eigenvalue weighted by Crippen LogP contribution is 2.27. The monoisotopic (exact) mass is 395 g/mol. The zero-order valence-electron chi connectivity index (χ0n) is 12.2. The molecule has 0 saturated carbocycles. The Labute approximate surface area is 130 Å². The van der Waals surface area contributed by atoms with Gasteiger partial charge in [0.25, 0.3) is 0 Å². The summed E-state index contributed by atoms with van der Waals surface area (Å²) in [5, 5.41) is 0. The second kappa shape index (κ2) is 7.11. The van der Waals surface area contributed by atoms with E-state index in [-0.39, 0.29) is 0 Å². The summed E-state index contributed by atoms with van der Waals surface area (Å²) in [6, 6.07) is 0. The maximum absolute atomic E-state index is 11.5. The fourth-order valence-corrected chi connectivity index (χ4v) is 3.57. The number of hydrogen-bond donors (Lipinski definition) is 1. The van der Waals surface area contributed by atoms with Crippen LogP contribution >= 0.6 is 0 Å². The van der Waals surface area contributed by atoms with Gasteiger partial charge in [-0.2, -0.15) is 26.3 Å². The number of nitrogens with zero attached hydrogens (tertiary/aromatic N) is 1. The molecule has 0 amide bonds. The molecule has 1 fully saturated rings. The Hall–Kier alpha value is -0.600. The molecule has 0 spiro atoms. The molecule has 1 heterocycles. The molecule has 0 unspecified atom stereocenters. The molecule has 0 bridgehead atoms. The average molecular weight is 395 g/mol. The van der Waals surface area contributed by atoms with Gasteiger partial charge in [0.2, 0.25) is 0 Å². The molecule has 0 aromatic rings. The van der Waals surface area contributed by atoms with Crippen molar-refractivity contribution in [2.75, 3.05) is 26.7 Å². The Bertz CT molecular complexity index is 549. The summed E-state index contributed by atoms with van der Waals surface area (Å²) < 4.78 is 110. The number of likely N-dealkylation sites (tertiary alicyclic amines) is 1. The van der Waals surface area contributed by atoms with Crippen molar-refractivity contribution in [3.8, 4) is 0 Å². The standard InChI is InChI=1S/C7H16N.C2HF6NO4S2/c1-3-8(2)6-4-5-7-8;3-1(4,5)14(10,11)9-15(12,13)2(6,7)8/h3-7H2,1-2H3;9H/q+1;. The molecule has 6 nitrogen and oxygen atoms in total. The maximum atomic E-state index is 11.5. The molecule has 1 aliphatic heterocycles. The van der Waals surface area contributed by atoms with Gasteiger partial charge >= 0.3 is 31.1 Å². The Morgan fingerprint density at radius 1 is 0.870 bits per heavy atom. The van der Waals surface area contributed by atoms with Gasteiger partial charge in [0.05, 0.1) is 26.7 Å². The number of quaternary nitrogens is 1. The van der Waals surface area contributed by atoms with Gasteiger partial charge in [0.15, 0.2) is 0 Å². The lowest BCUT2D eigenvalue weighted by Gasteiger charge is -2.26. The van der Waals surface area contributed by atoms with Gasteiger partial charge in [-0.1, -0.05) is 4.13 Å². The third-order valence-corrected chi connectivity index (χ3v) is 6.21. The molecule has 0 aliphatic carbocycles. The van der Waals surface area contributed by atoms with Crippen LogP contribution < -0.4 is 4.13 Å². The molecule has 140 valence electrons. The highest BCUT2D eigenvalue weighted by Gasteiger charge is 2.55. The van der Waals surface area contributed by atoms with Crippen LogP contribution in [0.3, 0.4) is 0 Å². The normalized spacial score (nSPS) is 19.1. The van der Waals surface area contributed by atoms with E-state index in [4.69, 9.17) is 0 Å². The van der Waals surface area contributed by atoms with Crippen molar-refractivity contribution >= 4 is 20.0 Å². The molecule has 0 radical (unpaired) electrons. The molecule has 0 atom stereocenters. The van der Waals surface area contributed by atoms with Crippen molar-refractivity contribution < 1.29 is 47.7 Å². The van der Waals surface area contributed by atoms with Crippen molar-refractivity contribution in [2.45, 2.75) is 30.8 Å². The molecule has 23 heavy (non-hydrogen) atoms. The lowest BCUT2D eigenvalue weighted by atomic mass is 10.4. The van der Waals surface area contributed by atoms with Crippen molar-refractivity contribution in [3.63, 3.8) is 0 Å². The van der Waals surface area contributed by atoms with Crippen LogP contribution in [0.2, 0.25) is 0 Å². The zero-order valence-corrected chi connectivity index (χ0v) is 13.8. The van der Waals surface area contributed by atoms with E-state index < -0.39 is 35.2 Å². The van der Waals surface area contributed by atoms with Gasteiger partial charge in [-0.3, -0.25) is 0 Å². The number of nitrogens with one attached hydrogen (secondary N) is 1. The predicted octanol–water partition coefficient (Wildman–Crippen LogP) is 1.52. The summed E-state index contributed by atoms with van der Waals surface area (Å²) in [4.78, 5) is 0. The van der Waals surface area contributed by atoms with Crippen LogP contribution in [0.1, 0.15) is 19.8 Å². The third kappa shape index (κ3) is 6.43. The summed E-state index contributed by atoms with van der Waals surface area (Å²) in [6.07, 6.45) is 2.90. The Morgan fingerprint density at radius 3 is 1.35 bits per heavy atom. The Kier molecular flexibility index (Phi) is 6.92. The van der Waals surface area contributed by atoms with E-state index in [0.29, 0.717) is 0 Å². The third-order valence-electron chi connectivity index (χ3n) is 3.24. The van der Waals surface area contributed by atoms with E-state index >= 15 is 0 Å². The van der Waals surface area contributed by atoms with E-state index in [1.165, 1.54) is 37.0 Å². The number of sulfonamides is 2. The largest absolute Gasteiger partial charge is 0.512 e. The highest BCUT2D eigenvalue weighted by molar-refractivity contribution is 8.05. The van der Waals surface area contributed by atoms with Crippen LogP contribution in [-0.2, 0) is 20.0 Å². The summed E-state index contributed by atoms with van der Waals surface area (Å²) in [5.41, 5.74) is -12.3. The fraction of sp³-hybridized carbons (Fsp3) is 1.00. The van der Waals surface area contributed by atoms with Crippen molar-refractivity contribution in [1.29, 1.82) is 0 Å².